The topological polar surface area (TPSA) is 70.6 Å². The van der Waals surface area contributed by atoms with E-state index in [1.807, 2.05) is 6.07 Å². The van der Waals surface area contributed by atoms with Crippen LogP contribution in [0.5, 0.6) is 0 Å². The van der Waals surface area contributed by atoms with E-state index < -0.39 is 15.3 Å². The second-order valence-corrected chi connectivity index (χ2v) is 9.44. The van der Waals surface area contributed by atoms with Gasteiger partial charge in [-0.2, -0.15) is 0 Å². The zero-order chi connectivity index (χ0) is 19.4. The Kier molecular flexibility index (Phi) is 6.14. The van der Waals surface area contributed by atoms with Gasteiger partial charge in [0.1, 0.15) is 0 Å². The zero-order valence-corrected chi connectivity index (χ0v) is 16.7. The molecule has 1 amide bonds. The highest BCUT2D eigenvalue weighted by Crippen LogP contribution is 2.23. The maximum atomic E-state index is 13.0. The van der Waals surface area contributed by atoms with E-state index >= 15 is 0 Å². The van der Waals surface area contributed by atoms with Crippen LogP contribution in [0.1, 0.15) is 28.8 Å². The number of halogens is 1. The number of carbonyl (C=O) groups excluding carboxylic acids is 1. The molecular formula is C19H22ClN3O3S. The van der Waals surface area contributed by atoms with E-state index in [0.29, 0.717) is 30.0 Å². The molecule has 2 heterocycles. The van der Waals surface area contributed by atoms with Crippen molar-refractivity contribution in [2.75, 3.05) is 20.1 Å². The minimum absolute atomic E-state index is 0.186. The van der Waals surface area contributed by atoms with Crippen molar-refractivity contribution in [3.8, 4) is 0 Å². The first kappa shape index (κ1) is 19.8. The van der Waals surface area contributed by atoms with Gasteiger partial charge >= 0.3 is 0 Å². The average molecular weight is 408 g/mol. The summed E-state index contributed by atoms with van der Waals surface area (Å²) in [6.45, 7) is 0.990. The van der Waals surface area contributed by atoms with E-state index in [2.05, 4.69) is 4.98 Å². The summed E-state index contributed by atoms with van der Waals surface area (Å²) in [4.78, 5) is 18.4. The van der Waals surface area contributed by atoms with E-state index in [1.165, 1.54) is 4.31 Å². The first-order chi connectivity index (χ1) is 12.9. The molecule has 6 nitrogen and oxygen atoms in total. The Hall–Kier alpha value is -1.96. The van der Waals surface area contributed by atoms with Crippen LogP contribution in [0, 0.1) is 0 Å². The lowest BCUT2D eigenvalue weighted by molar-refractivity contribution is 0.0725. The Balaban J connectivity index is 1.71. The van der Waals surface area contributed by atoms with Gasteiger partial charge in [0, 0.05) is 49.7 Å². The van der Waals surface area contributed by atoms with Crippen LogP contribution in [0.2, 0.25) is 5.02 Å². The summed E-state index contributed by atoms with van der Waals surface area (Å²) in [6, 6.07) is 10.3. The molecule has 1 fully saturated rings. The summed E-state index contributed by atoms with van der Waals surface area (Å²) < 4.78 is 27.3. The van der Waals surface area contributed by atoms with Gasteiger partial charge in [0.05, 0.1) is 5.25 Å². The normalized spacial score (nSPS) is 17.9. The Labute approximate surface area is 164 Å². The van der Waals surface area contributed by atoms with Crippen molar-refractivity contribution in [3.05, 3.63) is 64.9 Å². The summed E-state index contributed by atoms with van der Waals surface area (Å²) in [7, 11) is -1.96. The highest BCUT2D eigenvalue weighted by atomic mass is 35.5. The zero-order valence-electron chi connectivity index (χ0n) is 15.1. The molecule has 1 saturated heterocycles. The summed E-state index contributed by atoms with van der Waals surface area (Å²) in [5.74, 6) is -0.188. The van der Waals surface area contributed by atoms with Crippen LogP contribution in [-0.2, 0) is 16.6 Å². The van der Waals surface area contributed by atoms with Crippen molar-refractivity contribution in [1.29, 1.82) is 0 Å². The largest absolute Gasteiger partial charge is 0.337 e. The van der Waals surface area contributed by atoms with Crippen LogP contribution < -0.4 is 0 Å². The number of benzene rings is 1. The molecule has 2 aromatic rings. The third-order valence-electron chi connectivity index (χ3n) is 4.72. The second-order valence-electron chi connectivity index (χ2n) is 6.69. The molecule has 3 rings (SSSR count). The van der Waals surface area contributed by atoms with Crippen molar-refractivity contribution in [3.63, 3.8) is 0 Å². The number of sulfonamides is 1. The molecule has 0 aliphatic carbocycles. The molecule has 0 bridgehead atoms. The molecule has 0 saturated carbocycles. The average Bonchev–Trinajstić information content (AvgIpc) is 2.68. The van der Waals surface area contributed by atoms with Crippen molar-refractivity contribution >= 4 is 27.5 Å². The molecule has 1 aliphatic rings. The second kappa shape index (κ2) is 8.37. The number of likely N-dealkylation sites (tertiary alicyclic amines) is 1. The fraction of sp³-hybridized carbons (Fsp3) is 0.368. The molecule has 1 aromatic carbocycles. The Morgan fingerprint density at radius 1 is 1.33 bits per heavy atom. The molecule has 144 valence electrons. The fourth-order valence-electron chi connectivity index (χ4n) is 3.26. The van der Waals surface area contributed by atoms with E-state index in [9.17, 15) is 13.2 Å². The van der Waals surface area contributed by atoms with Gasteiger partial charge in [-0.05, 0) is 42.7 Å². The third-order valence-corrected chi connectivity index (χ3v) is 7.18. The first-order valence-corrected chi connectivity index (χ1v) is 10.6. The van der Waals surface area contributed by atoms with Crippen LogP contribution in [0.3, 0.4) is 0 Å². The molecule has 8 heteroatoms. The van der Waals surface area contributed by atoms with Crippen LogP contribution >= 0.6 is 11.6 Å². The predicted molar refractivity (Wildman–Crippen MR) is 105 cm³/mol. The van der Waals surface area contributed by atoms with Gasteiger partial charge in [-0.1, -0.05) is 23.7 Å². The van der Waals surface area contributed by atoms with Gasteiger partial charge in [-0.25, -0.2) is 12.7 Å². The summed E-state index contributed by atoms with van der Waals surface area (Å²) in [5, 5.41) is -0.130. The van der Waals surface area contributed by atoms with Gasteiger partial charge in [0.2, 0.25) is 10.0 Å². The number of piperidine rings is 1. The van der Waals surface area contributed by atoms with E-state index in [-0.39, 0.29) is 19.0 Å². The van der Waals surface area contributed by atoms with Crippen LogP contribution in [0.4, 0.5) is 0 Å². The Morgan fingerprint density at radius 2 is 2.15 bits per heavy atom. The van der Waals surface area contributed by atoms with Crippen LogP contribution in [0.25, 0.3) is 0 Å². The smallest absolute Gasteiger partial charge is 0.253 e. The Morgan fingerprint density at radius 3 is 2.85 bits per heavy atom. The first-order valence-electron chi connectivity index (χ1n) is 8.77. The predicted octanol–water partition coefficient (Wildman–Crippen LogP) is 2.80. The highest BCUT2D eigenvalue weighted by molar-refractivity contribution is 7.89. The third kappa shape index (κ3) is 4.66. The van der Waals surface area contributed by atoms with Crippen molar-refractivity contribution in [2.24, 2.45) is 0 Å². The molecular weight excluding hydrogens is 386 g/mol. The quantitative estimate of drug-likeness (QED) is 0.764. The fourth-order valence-corrected chi connectivity index (χ4v) is 5.12. The summed E-state index contributed by atoms with van der Waals surface area (Å²) in [5.41, 5.74) is 1.30. The number of rotatable bonds is 5. The molecule has 27 heavy (non-hydrogen) atoms. The van der Waals surface area contributed by atoms with Crippen molar-refractivity contribution in [2.45, 2.75) is 24.6 Å². The molecule has 1 unspecified atom stereocenters. The standard InChI is InChI=1S/C19H22ClN3O3S/c1-22(13-15-5-3-9-21-12-15)27(25,26)18-8-4-10-23(14-18)19(24)16-6-2-7-17(20)11-16/h2-3,5-7,9,11-12,18H,4,8,10,13-14H2,1H3. The molecule has 1 aromatic heterocycles. The lowest BCUT2D eigenvalue weighted by Crippen LogP contribution is -2.48. The number of nitrogens with zero attached hydrogens (tertiary/aromatic N) is 3. The minimum Gasteiger partial charge on any atom is -0.337 e. The number of hydrogen-bond acceptors (Lipinski definition) is 4. The minimum atomic E-state index is -3.53. The van der Waals surface area contributed by atoms with Gasteiger partial charge in [0.15, 0.2) is 0 Å². The lowest BCUT2D eigenvalue weighted by Gasteiger charge is -2.34. The Bertz CT molecular complexity index is 905. The number of aromatic nitrogens is 1. The summed E-state index contributed by atoms with van der Waals surface area (Å²) >= 11 is 5.97. The van der Waals surface area contributed by atoms with Gasteiger partial charge in [-0.3, -0.25) is 9.78 Å². The maximum absolute atomic E-state index is 13.0. The molecule has 1 atom stereocenters. The van der Waals surface area contributed by atoms with Gasteiger partial charge in [-0.15, -0.1) is 0 Å². The molecule has 1 aliphatic heterocycles. The highest BCUT2D eigenvalue weighted by Gasteiger charge is 2.35. The SMILES string of the molecule is CN(Cc1cccnc1)S(=O)(=O)C1CCCN(C(=O)c2cccc(Cl)c2)C1. The molecule has 0 radical (unpaired) electrons. The van der Waals surface area contributed by atoms with Gasteiger partial charge in [0.25, 0.3) is 5.91 Å². The number of amides is 1. The lowest BCUT2D eigenvalue weighted by atomic mass is 10.1. The monoisotopic (exact) mass is 407 g/mol. The number of hydrogen-bond donors (Lipinski definition) is 0. The van der Waals surface area contributed by atoms with Crippen LogP contribution in [-0.4, -0.2) is 53.9 Å². The summed E-state index contributed by atoms with van der Waals surface area (Å²) in [6.07, 6.45) is 4.50. The van der Waals surface area contributed by atoms with E-state index in [4.69, 9.17) is 11.6 Å². The maximum Gasteiger partial charge on any atom is 0.253 e. The van der Waals surface area contributed by atoms with Crippen molar-refractivity contribution in [1.82, 2.24) is 14.2 Å². The molecule has 0 N–H and O–H groups in total. The van der Waals surface area contributed by atoms with Crippen molar-refractivity contribution < 1.29 is 13.2 Å². The van der Waals surface area contributed by atoms with E-state index in [1.54, 1.807) is 54.7 Å². The number of carbonyl (C=O) groups is 1. The van der Waals surface area contributed by atoms with Crippen LogP contribution in [0.15, 0.2) is 48.8 Å². The molecule has 0 spiro atoms. The van der Waals surface area contributed by atoms with E-state index in [0.717, 1.165) is 5.56 Å². The van der Waals surface area contributed by atoms with Gasteiger partial charge < -0.3 is 4.90 Å². The number of pyridine rings is 1.